The summed E-state index contributed by atoms with van der Waals surface area (Å²) >= 11 is 0. The number of rotatable bonds is 7. The molecule has 4 fully saturated rings. The summed E-state index contributed by atoms with van der Waals surface area (Å²) < 4.78 is 11.4. The summed E-state index contributed by atoms with van der Waals surface area (Å²) in [7, 11) is 3.12. The third kappa shape index (κ3) is 3.57. The van der Waals surface area contributed by atoms with Gasteiger partial charge < -0.3 is 20.1 Å². The SMILES string of the molecule is COc1cc(-c2ccc(NC(=O)[C@@]34CC[C@](C)(C(=O)C3)C4(C)C)c(OC)c2)ccc1NC(=O)[C@]12CC[C@](C)(C(=O)C1)C2(C)C. The molecule has 2 aromatic rings. The third-order valence-corrected chi connectivity index (χ3v) is 13.5. The first-order chi connectivity index (χ1) is 20.5. The van der Waals surface area contributed by atoms with Crippen LogP contribution < -0.4 is 20.1 Å². The average Bonchev–Trinajstić information content (AvgIpc) is 3.45. The minimum Gasteiger partial charge on any atom is -0.495 e. The molecule has 4 atom stereocenters. The Kier molecular flexibility index (Phi) is 6.49. The number of Topliss-reactive ketones (excluding diaryl/α,β-unsaturated/α-hetero) is 2. The number of benzene rings is 2. The highest BCUT2D eigenvalue weighted by molar-refractivity contribution is 6.06. The van der Waals surface area contributed by atoms with Crippen molar-refractivity contribution in [2.75, 3.05) is 24.9 Å². The molecule has 0 unspecified atom stereocenters. The number of hydrogen-bond donors (Lipinski definition) is 2. The smallest absolute Gasteiger partial charge is 0.231 e. The van der Waals surface area contributed by atoms with E-state index < -0.39 is 32.5 Å². The van der Waals surface area contributed by atoms with E-state index in [1.165, 1.54) is 0 Å². The summed E-state index contributed by atoms with van der Waals surface area (Å²) in [4.78, 5) is 53.3. The Bertz CT molecular complexity index is 1510. The van der Waals surface area contributed by atoms with Crippen LogP contribution in [0.4, 0.5) is 11.4 Å². The molecule has 44 heavy (non-hydrogen) atoms. The number of carbonyl (C=O) groups is 4. The van der Waals surface area contributed by atoms with E-state index in [1.54, 1.807) is 14.2 Å². The zero-order chi connectivity index (χ0) is 32.1. The van der Waals surface area contributed by atoms with Gasteiger partial charge in [-0.1, -0.05) is 53.7 Å². The van der Waals surface area contributed by atoms with Crippen LogP contribution in [0.1, 0.15) is 80.1 Å². The Labute approximate surface area is 259 Å². The molecule has 6 rings (SSSR count). The fourth-order valence-electron chi connectivity index (χ4n) is 9.15. The lowest BCUT2D eigenvalue weighted by Gasteiger charge is -2.38. The molecule has 0 saturated heterocycles. The van der Waals surface area contributed by atoms with Gasteiger partial charge in [-0.3, -0.25) is 19.2 Å². The molecule has 8 nitrogen and oxygen atoms in total. The topological polar surface area (TPSA) is 111 Å². The van der Waals surface area contributed by atoms with Gasteiger partial charge in [0.05, 0.1) is 36.4 Å². The number of ether oxygens (including phenoxy) is 2. The van der Waals surface area contributed by atoms with Crippen molar-refractivity contribution >= 4 is 34.8 Å². The van der Waals surface area contributed by atoms with Crippen molar-refractivity contribution < 1.29 is 28.7 Å². The molecule has 234 valence electrons. The molecule has 2 N–H and O–H groups in total. The Morgan fingerprint density at radius 2 is 0.977 bits per heavy atom. The Balaban J connectivity index is 1.24. The van der Waals surface area contributed by atoms with Gasteiger partial charge in [-0.25, -0.2) is 0 Å². The highest BCUT2D eigenvalue weighted by atomic mass is 16.5. The first-order valence-corrected chi connectivity index (χ1v) is 15.6. The number of fused-ring (bicyclic) bond motifs is 4. The lowest BCUT2D eigenvalue weighted by Crippen LogP contribution is -2.43. The molecule has 8 heteroatoms. The molecule has 0 aromatic heterocycles. The number of carbonyl (C=O) groups excluding carboxylic acids is 4. The average molecular weight is 601 g/mol. The minimum absolute atomic E-state index is 0.140. The molecular weight excluding hydrogens is 556 g/mol. The van der Waals surface area contributed by atoms with Crippen LogP contribution >= 0.6 is 0 Å². The quantitative estimate of drug-likeness (QED) is 0.361. The van der Waals surface area contributed by atoms with Gasteiger partial charge >= 0.3 is 0 Å². The fraction of sp³-hybridized carbons (Fsp3) is 0.556. The highest BCUT2D eigenvalue weighted by Crippen LogP contribution is 2.72. The molecule has 0 radical (unpaired) electrons. The number of nitrogens with one attached hydrogen (secondary N) is 2. The van der Waals surface area contributed by atoms with Crippen LogP contribution in [0.2, 0.25) is 0 Å². The van der Waals surface area contributed by atoms with Crippen molar-refractivity contribution in [1.82, 2.24) is 0 Å². The van der Waals surface area contributed by atoms with Crippen LogP contribution in [0.5, 0.6) is 11.5 Å². The number of anilines is 2. The van der Waals surface area contributed by atoms with Gasteiger partial charge in [-0.05, 0) is 71.9 Å². The van der Waals surface area contributed by atoms with E-state index in [2.05, 4.69) is 10.6 Å². The molecule has 4 aliphatic rings. The summed E-state index contributed by atoms with van der Waals surface area (Å²) in [6, 6.07) is 11.1. The van der Waals surface area contributed by atoms with Gasteiger partial charge in [0, 0.05) is 23.7 Å². The molecule has 0 heterocycles. The van der Waals surface area contributed by atoms with E-state index >= 15 is 0 Å². The minimum atomic E-state index is -0.742. The molecule has 4 bridgehead atoms. The number of ketones is 2. The van der Waals surface area contributed by atoms with E-state index in [0.717, 1.165) is 24.0 Å². The maximum atomic E-state index is 13.8. The summed E-state index contributed by atoms with van der Waals surface area (Å²) in [5, 5.41) is 6.17. The second kappa shape index (κ2) is 9.41. The molecule has 0 spiro atoms. The van der Waals surface area contributed by atoms with Gasteiger partial charge in [-0.15, -0.1) is 0 Å². The third-order valence-electron chi connectivity index (χ3n) is 13.5. The molecule has 0 aliphatic heterocycles. The Morgan fingerprint density at radius 1 is 0.614 bits per heavy atom. The first kappa shape index (κ1) is 30.4. The monoisotopic (exact) mass is 600 g/mol. The molecule has 2 amide bonds. The van der Waals surface area contributed by atoms with Gasteiger partial charge in [-0.2, -0.15) is 0 Å². The lowest BCUT2D eigenvalue weighted by molar-refractivity contribution is -0.131. The van der Waals surface area contributed by atoms with Crippen molar-refractivity contribution in [2.24, 2.45) is 32.5 Å². The van der Waals surface area contributed by atoms with Gasteiger partial charge in [0.25, 0.3) is 0 Å². The first-order valence-electron chi connectivity index (χ1n) is 15.6. The highest BCUT2D eigenvalue weighted by Gasteiger charge is 2.73. The molecule has 4 aliphatic carbocycles. The van der Waals surface area contributed by atoms with E-state index in [9.17, 15) is 19.2 Å². The van der Waals surface area contributed by atoms with Crippen LogP contribution in [0, 0.1) is 32.5 Å². The van der Waals surface area contributed by atoms with Gasteiger partial charge in [0.1, 0.15) is 23.1 Å². The number of methoxy groups -OCH3 is 2. The summed E-state index contributed by atoms with van der Waals surface area (Å²) in [5.41, 5.74) is -0.556. The van der Waals surface area contributed by atoms with E-state index in [-0.39, 0.29) is 36.2 Å². The van der Waals surface area contributed by atoms with Crippen molar-refractivity contribution in [3.8, 4) is 22.6 Å². The lowest BCUT2D eigenvalue weighted by atomic mass is 9.64. The number of amides is 2. The standard InChI is InChI=1S/C36H44N2O6/c1-31(2)33(5)13-15-35(31,19-27(33)39)29(41)37-23-11-9-21(17-25(23)43-7)22-10-12-24(26(18-22)44-8)38-30(42)36-16-14-34(6,28(40)20-36)32(36,3)4/h9-12,17-18H,13-16,19-20H2,1-8H3,(H,37,41)(H,38,42)/t33-,34-,35-,36+/m1/s1. The maximum absolute atomic E-state index is 13.8. The van der Waals surface area contributed by atoms with Crippen molar-refractivity contribution in [3.05, 3.63) is 36.4 Å². The largest absolute Gasteiger partial charge is 0.495 e. The van der Waals surface area contributed by atoms with Crippen LogP contribution in [-0.4, -0.2) is 37.6 Å². The normalized spacial score (nSPS) is 32.5. The van der Waals surface area contributed by atoms with Crippen molar-refractivity contribution in [2.45, 2.75) is 80.1 Å². The second-order valence-corrected chi connectivity index (χ2v) is 15.0. The predicted molar refractivity (Wildman–Crippen MR) is 169 cm³/mol. The van der Waals surface area contributed by atoms with Crippen molar-refractivity contribution in [3.63, 3.8) is 0 Å². The zero-order valence-corrected chi connectivity index (χ0v) is 27.2. The summed E-state index contributed by atoms with van der Waals surface area (Å²) in [6.07, 6.45) is 3.34. The van der Waals surface area contributed by atoms with E-state index in [1.807, 2.05) is 77.9 Å². The van der Waals surface area contributed by atoms with Crippen molar-refractivity contribution in [1.29, 1.82) is 0 Å². The van der Waals surface area contributed by atoms with E-state index in [0.29, 0.717) is 35.7 Å². The van der Waals surface area contributed by atoms with Crippen LogP contribution in [-0.2, 0) is 19.2 Å². The van der Waals surface area contributed by atoms with Gasteiger partial charge in [0.2, 0.25) is 11.8 Å². The summed E-state index contributed by atoms with van der Waals surface area (Å²) in [6.45, 7) is 12.2. The number of hydrogen-bond acceptors (Lipinski definition) is 6. The fourth-order valence-corrected chi connectivity index (χ4v) is 9.15. The maximum Gasteiger partial charge on any atom is 0.231 e. The van der Waals surface area contributed by atoms with Crippen LogP contribution in [0.15, 0.2) is 36.4 Å². The van der Waals surface area contributed by atoms with Crippen LogP contribution in [0.25, 0.3) is 11.1 Å². The Morgan fingerprint density at radius 3 is 1.25 bits per heavy atom. The van der Waals surface area contributed by atoms with Gasteiger partial charge in [0.15, 0.2) is 0 Å². The summed E-state index contributed by atoms with van der Waals surface area (Å²) in [5.74, 6) is 1.06. The van der Waals surface area contributed by atoms with E-state index in [4.69, 9.17) is 9.47 Å². The zero-order valence-electron chi connectivity index (χ0n) is 27.2. The molecule has 2 aromatic carbocycles. The van der Waals surface area contributed by atoms with Crippen LogP contribution in [0.3, 0.4) is 0 Å². The Hall–Kier alpha value is -3.68. The second-order valence-electron chi connectivity index (χ2n) is 15.0. The molecule has 4 saturated carbocycles. The molecular formula is C36H44N2O6. The predicted octanol–water partition coefficient (Wildman–Crippen LogP) is 6.82.